The number of thioether (sulfide) groups is 1. The molecule has 1 fully saturated rings. The van der Waals surface area contributed by atoms with Crippen LogP contribution in [0.4, 0.5) is 5.69 Å². The molecule has 1 aliphatic heterocycles. The maximum atomic E-state index is 12.7. The van der Waals surface area contributed by atoms with Gasteiger partial charge in [-0.05, 0) is 47.7 Å². The standard InChI is InChI=1S/C18H16N2O2S/c1-19-18-20(14-6-4-3-5-7-14)17(21)16(23-18)12-13-8-10-15(22-2)11-9-13/h3-12H,1-2H3. The molecule has 0 atom stereocenters. The van der Waals surface area contributed by atoms with Crippen molar-refractivity contribution in [1.29, 1.82) is 0 Å². The summed E-state index contributed by atoms with van der Waals surface area (Å²) in [4.78, 5) is 19.3. The second kappa shape index (κ2) is 6.71. The van der Waals surface area contributed by atoms with E-state index in [0.717, 1.165) is 17.0 Å². The van der Waals surface area contributed by atoms with Crippen molar-refractivity contribution >= 4 is 34.6 Å². The Morgan fingerprint density at radius 1 is 1.09 bits per heavy atom. The van der Waals surface area contributed by atoms with Crippen LogP contribution in [0.1, 0.15) is 5.56 Å². The number of rotatable bonds is 3. The second-order valence-electron chi connectivity index (χ2n) is 4.87. The molecule has 1 amide bonds. The molecule has 1 aliphatic rings. The highest BCUT2D eigenvalue weighted by molar-refractivity contribution is 8.19. The number of hydrogen-bond acceptors (Lipinski definition) is 4. The summed E-state index contributed by atoms with van der Waals surface area (Å²) in [7, 11) is 3.33. The van der Waals surface area contributed by atoms with Crippen molar-refractivity contribution in [1.82, 2.24) is 0 Å². The van der Waals surface area contributed by atoms with E-state index in [9.17, 15) is 4.79 Å². The summed E-state index contributed by atoms with van der Waals surface area (Å²) in [6, 6.07) is 17.1. The lowest BCUT2D eigenvalue weighted by Gasteiger charge is -2.14. The molecule has 4 nitrogen and oxygen atoms in total. The number of amides is 1. The zero-order chi connectivity index (χ0) is 16.2. The average molecular weight is 324 g/mol. The molecule has 2 aromatic carbocycles. The molecule has 116 valence electrons. The largest absolute Gasteiger partial charge is 0.497 e. The maximum Gasteiger partial charge on any atom is 0.271 e. The summed E-state index contributed by atoms with van der Waals surface area (Å²) in [6.45, 7) is 0. The topological polar surface area (TPSA) is 41.9 Å². The van der Waals surface area contributed by atoms with Crippen molar-refractivity contribution in [2.75, 3.05) is 19.1 Å². The van der Waals surface area contributed by atoms with Gasteiger partial charge in [-0.3, -0.25) is 14.7 Å². The molecule has 1 heterocycles. The Labute approximate surface area is 139 Å². The third-order valence-corrected chi connectivity index (χ3v) is 4.49. The Kier molecular flexibility index (Phi) is 4.48. The normalized spacial score (nSPS) is 18.0. The highest BCUT2D eigenvalue weighted by atomic mass is 32.2. The first-order chi connectivity index (χ1) is 11.2. The molecule has 0 N–H and O–H groups in total. The van der Waals surface area contributed by atoms with E-state index in [2.05, 4.69) is 4.99 Å². The first-order valence-electron chi connectivity index (χ1n) is 7.13. The van der Waals surface area contributed by atoms with Gasteiger partial charge in [-0.25, -0.2) is 0 Å². The van der Waals surface area contributed by atoms with E-state index in [1.807, 2.05) is 60.7 Å². The summed E-state index contributed by atoms with van der Waals surface area (Å²) < 4.78 is 5.15. The van der Waals surface area contributed by atoms with E-state index in [-0.39, 0.29) is 5.91 Å². The summed E-state index contributed by atoms with van der Waals surface area (Å²) in [5, 5.41) is 0.681. The first kappa shape index (κ1) is 15.4. The van der Waals surface area contributed by atoms with Gasteiger partial charge in [-0.15, -0.1) is 0 Å². The van der Waals surface area contributed by atoms with Crippen LogP contribution in [0.2, 0.25) is 0 Å². The summed E-state index contributed by atoms with van der Waals surface area (Å²) in [5.74, 6) is 0.733. The fourth-order valence-corrected chi connectivity index (χ4v) is 3.22. The SMILES string of the molecule is CN=C1SC(=Cc2ccc(OC)cc2)C(=O)N1c1ccccc1. The molecular formula is C18H16N2O2S. The van der Waals surface area contributed by atoms with Crippen molar-refractivity contribution in [2.45, 2.75) is 0 Å². The second-order valence-corrected chi connectivity index (χ2v) is 5.88. The van der Waals surface area contributed by atoms with E-state index >= 15 is 0 Å². The van der Waals surface area contributed by atoms with Crippen LogP contribution >= 0.6 is 11.8 Å². The zero-order valence-corrected chi connectivity index (χ0v) is 13.7. The lowest BCUT2D eigenvalue weighted by atomic mass is 10.2. The van der Waals surface area contributed by atoms with E-state index in [0.29, 0.717) is 10.1 Å². The Bertz CT molecular complexity index is 767. The molecule has 1 saturated heterocycles. The van der Waals surface area contributed by atoms with Crippen LogP contribution in [-0.4, -0.2) is 25.2 Å². The lowest BCUT2D eigenvalue weighted by molar-refractivity contribution is -0.113. The Balaban J connectivity index is 1.93. The molecule has 0 aromatic heterocycles. The van der Waals surface area contributed by atoms with Crippen molar-refractivity contribution in [3.8, 4) is 5.75 Å². The minimum Gasteiger partial charge on any atom is -0.497 e. The van der Waals surface area contributed by atoms with Crippen molar-refractivity contribution < 1.29 is 9.53 Å². The monoisotopic (exact) mass is 324 g/mol. The number of anilines is 1. The Morgan fingerprint density at radius 2 is 1.78 bits per heavy atom. The van der Waals surface area contributed by atoms with Crippen LogP contribution in [0.15, 0.2) is 64.5 Å². The molecular weight excluding hydrogens is 308 g/mol. The van der Waals surface area contributed by atoms with Crippen LogP contribution in [-0.2, 0) is 4.79 Å². The van der Waals surface area contributed by atoms with Gasteiger partial charge in [0.25, 0.3) is 5.91 Å². The Hall–Kier alpha value is -2.53. The van der Waals surface area contributed by atoms with Crippen LogP contribution in [0.3, 0.4) is 0 Å². The summed E-state index contributed by atoms with van der Waals surface area (Å²) in [6.07, 6.45) is 1.88. The van der Waals surface area contributed by atoms with Crippen LogP contribution in [0.25, 0.3) is 6.08 Å². The van der Waals surface area contributed by atoms with Crippen molar-refractivity contribution in [3.05, 3.63) is 65.1 Å². The van der Waals surface area contributed by atoms with Gasteiger partial charge < -0.3 is 4.74 Å². The predicted octanol–water partition coefficient (Wildman–Crippen LogP) is 3.80. The van der Waals surface area contributed by atoms with E-state index < -0.39 is 0 Å². The van der Waals surface area contributed by atoms with Gasteiger partial charge in [0.1, 0.15) is 5.75 Å². The number of amidine groups is 1. The molecule has 23 heavy (non-hydrogen) atoms. The molecule has 0 saturated carbocycles. The number of aliphatic imine (C=N–C) groups is 1. The molecule has 0 aliphatic carbocycles. The molecule has 0 unspecified atom stereocenters. The van der Waals surface area contributed by atoms with Gasteiger partial charge in [0.2, 0.25) is 0 Å². The third kappa shape index (κ3) is 3.14. The van der Waals surface area contributed by atoms with E-state index in [1.54, 1.807) is 19.1 Å². The lowest BCUT2D eigenvalue weighted by Crippen LogP contribution is -2.28. The fraction of sp³-hybridized carbons (Fsp3) is 0.111. The van der Waals surface area contributed by atoms with Crippen LogP contribution in [0, 0.1) is 0 Å². The first-order valence-corrected chi connectivity index (χ1v) is 7.94. The quantitative estimate of drug-likeness (QED) is 0.807. The molecule has 0 spiro atoms. The molecule has 5 heteroatoms. The van der Waals surface area contributed by atoms with E-state index in [4.69, 9.17) is 4.74 Å². The number of nitrogens with zero attached hydrogens (tertiary/aromatic N) is 2. The Morgan fingerprint density at radius 3 is 2.39 bits per heavy atom. The van der Waals surface area contributed by atoms with Crippen LogP contribution < -0.4 is 9.64 Å². The van der Waals surface area contributed by atoms with Gasteiger partial charge >= 0.3 is 0 Å². The van der Waals surface area contributed by atoms with Crippen molar-refractivity contribution in [2.24, 2.45) is 4.99 Å². The van der Waals surface area contributed by atoms with Gasteiger partial charge in [0.15, 0.2) is 5.17 Å². The summed E-state index contributed by atoms with van der Waals surface area (Å²) in [5.41, 5.74) is 1.77. The zero-order valence-electron chi connectivity index (χ0n) is 12.9. The van der Waals surface area contributed by atoms with E-state index in [1.165, 1.54) is 11.8 Å². The highest BCUT2D eigenvalue weighted by Gasteiger charge is 2.33. The van der Waals surface area contributed by atoms with Crippen molar-refractivity contribution in [3.63, 3.8) is 0 Å². The molecule has 0 radical (unpaired) electrons. The number of para-hydroxylation sites is 1. The fourth-order valence-electron chi connectivity index (χ4n) is 2.28. The number of carbonyl (C=O) groups excluding carboxylic acids is 1. The molecule has 0 bridgehead atoms. The summed E-state index contributed by atoms with van der Waals surface area (Å²) >= 11 is 1.38. The van der Waals surface area contributed by atoms with Gasteiger partial charge in [-0.2, -0.15) is 0 Å². The number of carbonyl (C=O) groups is 1. The highest BCUT2D eigenvalue weighted by Crippen LogP contribution is 2.35. The number of ether oxygens (including phenoxy) is 1. The van der Waals surface area contributed by atoms with Gasteiger partial charge in [0.05, 0.1) is 17.7 Å². The third-order valence-electron chi connectivity index (χ3n) is 3.43. The van der Waals surface area contributed by atoms with Gasteiger partial charge in [-0.1, -0.05) is 30.3 Å². The number of hydrogen-bond donors (Lipinski definition) is 0. The smallest absolute Gasteiger partial charge is 0.271 e. The number of methoxy groups -OCH3 is 1. The van der Waals surface area contributed by atoms with Crippen LogP contribution in [0.5, 0.6) is 5.75 Å². The average Bonchev–Trinajstić information content (AvgIpc) is 2.92. The number of benzene rings is 2. The molecule has 3 rings (SSSR count). The minimum atomic E-state index is -0.0578. The minimum absolute atomic E-state index is 0.0578. The predicted molar refractivity (Wildman–Crippen MR) is 95.8 cm³/mol. The maximum absolute atomic E-state index is 12.7. The van der Waals surface area contributed by atoms with Gasteiger partial charge in [0, 0.05) is 7.05 Å². The molecule has 2 aromatic rings.